The molecule has 0 amide bonds. The summed E-state index contributed by atoms with van der Waals surface area (Å²) in [6, 6.07) is 8.00. The second-order valence-electron chi connectivity index (χ2n) is 5.41. The highest BCUT2D eigenvalue weighted by Crippen LogP contribution is 2.28. The molecule has 0 atom stereocenters. The zero-order valence-corrected chi connectivity index (χ0v) is 12.0. The quantitative estimate of drug-likeness (QED) is 0.731. The lowest BCUT2D eigenvalue weighted by atomic mass is 10.1. The third kappa shape index (κ3) is 6.12. The summed E-state index contributed by atoms with van der Waals surface area (Å²) >= 11 is 0. The zero-order valence-electron chi connectivity index (χ0n) is 12.0. The van der Waals surface area contributed by atoms with Crippen LogP contribution in [0.4, 0.5) is 8.78 Å². The highest BCUT2D eigenvalue weighted by molar-refractivity contribution is 5.20. The van der Waals surface area contributed by atoms with E-state index in [0.717, 1.165) is 13.1 Å². The van der Waals surface area contributed by atoms with Gasteiger partial charge in [-0.1, -0.05) is 44.2 Å². The van der Waals surface area contributed by atoms with E-state index in [1.54, 1.807) is 30.1 Å². The topological polar surface area (TPSA) is 15.3 Å². The summed E-state index contributed by atoms with van der Waals surface area (Å²) < 4.78 is 28.0. The van der Waals surface area contributed by atoms with Gasteiger partial charge in [-0.25, -0.2) is 0 Å². The first-order chi connectivity index (χ1) is 8.92. The average Bonchev–Trinajstić information content (AvgIpc) is 2.35. The van der Waals surface area contributed by atoms with Gasteiger partial charge in [-0.05, 0) is 19.5 Å². The predicted molar refractivity (Wildman–Crippen MR) is 75.5 cm³/mol. The lowest BCUT2D eigenvalue weighted by Crippen LogP contribution is -2.37. The molecular weight excluding hydrogens is 246 g/mol. The van der Waals surface area contributed by atoms with Gasteiger partial charge in [0.15, 0.2) is 0 Å². The molecule has 0 saturated heterocycles. The Labute approximate surface area is 114 Å². The third-order valence-corrected chi connectivity index (χ3v) is 2.89. The maximum Gasteiger partial charge on any atom is 0.285 e. The molecule has 0 aliphatic rings. The van der Waals surface area contributed by atoms with Crippen LogP contribution in [-0.4, -0.2) is 38.1 Å². The average molecular weight is 270 g/mol. The van der Waals surface area contributed by atoms with Crippen LogP contribution in [0.2, 0.25) is 0 Å². The van der Waals surface area contributed by atoms with E-state index in [0.29, 0.717) is 12.5 Å². The normalized spacial score (nSPS) is 12.4. The summed E-state index contributed by atoms with van der Waals surface area (Å²) in [5.41, 5.74) is 0.0805. The maximum absolute atomic E-state index is 14.0. The van der Waals surface area contributed by atoms with Crippen LogP contribution in [0, 0.1) is 5.92 Å². The summed E-state index contributed by atoms with van der Waals surface area (Å²) in [6.45, 7) is 6.28. The molecule has 0 aromatic heterocycles. The Hall–Kier alpha value is -1.00. The number of nitrogens with zero attached hydrogens (tertiary/aromatic N) is 1. The lowest BCUT2D eigenvalue weighted by molar-refractivity contribution is -0.0318. The van der Waals surface area contributed by atoms with Crippen molar-refractivity contribution < 1.29 is 8.78 Å². The molecule has 0 radical (unpaired) electrons. The minimum Gasteiger partial charge on any atom is -0.315 e. The molecule has 0 bridgehead atoms. The molecule has 0 aliphatic carbocycles. The molecule has 19 heavy (non-hydrogen) atoms. The second kappa shape index (κ2) is 7.56. The number of halogens is 2. The van der Waals surface area contributed by atoms with Crippen molar-refractivity contribution in [3.63, 3.8) is 0 Å². The van der Waals surface area contributed by atoms with Crippen molar-refractivity contribution in [1.29, 1.82) is 0 Å². The Morgan fingerprint density at radius 2 is 1.84 bits per heavy atom. The van der Waals surface area contributed by atoms with Gasteiger partial charge in [0.2, 0.25) is 0 Å². The number of likely N-dealkylation sites (N-methyl/N-ethyl adjacent to an activating group) is 1. The van der Waals surface area contributed by atoms with E-state index in [-0.39, 0.29) is 12.1 Å². The van der Waals surface area contributed by atoms with Crippen molar-refractivity contribution in [2.45, 2.75) is 19.8 Å². The van der Waals surface area contributed by atoms with Gasteiger partial charge in [0, 0.05) is 18.7 Å². The Balaban J connectivity index is 2.37. The van der Waals surface area contributed by atoms with E-state index in [4.69, 9.17) is 0 Å². The SMILES string of the molecule is CC(C)CNCCN(C)CC(F)(F)c1ccccc1. The summed E-state index contributed by atoms with van der Waals surface area (Å²) in [5.74, 6) is -2.22. The number of rotatable bonds is 8. The van der Waals surface area contributed by atoms with Gasteiger partial charge < -0.3 is 5.32 Å². The molecule has 0 saturated carbocycles. The Kier molecular flexibility index (Phi) is 6.38. The monoisotopic (exact) mass is 270 g/mol. The summed E-state index contributed by atoms with van der Waals surface area (Å²) in [4.78, 5) is 1.67. The molecule has 0 fully saturated rings. The number of alkyl halides is 2. The molecular formula is C15H24F2N2. The molecule has 1 aromatic carbocycles. The van der Waals surface area contributed by atoms with E-state index < -0.39 is 5.92 Å². The fourth-order valence-electron chi connectivity index (χ4n) is 1.85. The van der Waals surface area contributed by atoms with Gasteiger partial charge in [-0.15, -0.1) is 0 Å². The van der Waals surface area contributed by atoms with Gasteiger partial charge in [-0.2, -0.15) is 8.78 Å². The molecule has 0 unspecified atom stereocenters. The van der Waals surface area contributed by atoms with Crippen LogP contribution in [0.3, 0.4) is 0 Å². The molecule has 2 nitrogen and oxygen atoms in total. The van der Waals surface area contributed by atoms with Gasteiger partial charge in [-0.3, -0.25) is 4.90 Å². The van der Waals surface area contributed by atoms with Gasteiger partial charge in [0.05, 0.1) is 6.54 Å². The van der Waals surface area contributed by atoms with E-state index >= 15 is 0 Å². The van der Waals surface area contributed by atoms with Crippen molar-refractivity contribution >= 4 is 0 Å². The Morgan fingerprint density at radius 3 is 2.42 bits per heavy atom. The van der Waals surface area contributed by atoms with Gasteiger partial charge in [0.25, 0.3) is 5.92 Å². The fourth-order valence-corrected chi connectivity index (χ4v) is 1.85. The highest BCUT2D eigenvalue weighted by atomic mass is 19.3. The van der Waals surface area contributed by atoms with Crippen LogP contribution in [0.5, 0.6) is 0 Å². The van der Waals surface area contributed by atoms with Gasteiger partial charge >= 0.3 is 0 Å². The first-order valence-electron chi connectivity index (χ1n) is 6.74. The minimum absolute atomic E-state index is 0.0805. The lowest BCUT2D eigenvalue weighted by Gasteiger charge is -2.24. The van der Waals surface area contributed by atoms with Crippen molar-refractivity contribution in [3.8, 4) is 0 Å². The molecule has 0 aliphatic heterocycles. The molecule has 1 aromatic rings. The van der Waals surface area contributed by atoms with E-state index in [1.807, 2.05) is 0 Å². The van der Waals surface area contributed by atoms with E-state index in [1.165, 1.54) is 12.1 Å². The first kappa shape index (κ1) is 16.1. The number of benzene rings is 1. The Bertz CT molecular complexity index is 352. The van der Waals surface area contributed by atoms with Crippen LogP contribution in [-0.2, 0) is 5.92 Å². The molecule has 108 valence electrons. The van der Waals surface area contributed by atoms with Crippen LogP contribution < -0.4 is 5.32 Å². The van der Waals surface area contributed by atoms with Crippen molar-refractivity contribution in [3.05, 3.63) is 35.9 Å². The zero-order chi connectivity index (χ0) is 14.3. The van der Waals surface area contributed by atoms with E-state index in [2.05, 4.69) is 19.2 Å². The number of hydrogen-bond acceptors (Lipinski definition) is 2. The number of hydrogen-bond donors (Lipinski definition) is 1. The van der Waals surface area contributed by atoms with Crippen LogP contribution in [0.15, 0.2) is 30.3 Å². The van der Waals surface area contributed by atoms with E-state index in [9.17, 15) is 8.78 Å². The van der Waals surface area contributed by atoms with Crippen molar-refractivity contribution in [2.75, 3.05) is 33.2 Å². The van der Waals surface area contributed by atoms with Crippen molar-refractivity contribution in [2.24, 2.45) is 5.92 Å². The van der Waals surface area contributed by atoms with Crippen molar-refractivity contribution in [1.82, 2.24) is 10.2 Å². The maximum atomic E-state index is 14.0. The summed E-state index contributed by atoms with van der Waals surface area (Å²) in [5, 5.41) is 3.25. The molecule has 1 rings (SSSR count). The molecule has 4 heteroatoms. The molecule has 1 N–H and O–H groups in total. The Morgan fingerprint density at radius 1 is 1.21 bits per heavy atom. The van der Waals surface area contributed by atoms with Crippen LogP contribution in [0.1, 0.15) is 19.4 Å². The largest absolute Gasteiger partial charge is 0.315 e. The summed E-state index contributed by atoms with van der Waals surface area (Å²) in [6.07, 6.45) is 0. The van der Waals surface area contributed by atoms with Crippen LogP contribution in [0.25, 0.3) is 0 Å². The second-order valence-corrected chi connectivity index (χ2v) is 5.41. The standard InChI is InChI=1S/C15H24F2N2/c1-13(2)11-18-9-10-19(3)12-15(16,17)14-7-5-4-6-8-14/h4-8,13,18H,9-12H2,1-3H3. The number of nitrogens with one attached hydrogen (secondary N) is 1. The predicted octanol–water partition coefficient (Wildman–Crippen LogP) is 2.96. The van der Waals surface area contributed by atoms with Crippen LogP contribution >= 0.6 is 0 Å². The third-order valence-electron chi connectivity index (χ3n) is 2.89. The molecule has 0 spiro atoms. The first-order valence-corrected chi connectivity index (χ1v) is 6.74. The fraction of sp³-hybridized carbons (Fsp3) is 0.600. The summed E-state index contributed by atoms with van der Waals surface area (Å²) in [7, 11) is 1.73. The minimum atomic E-state index is -2.80. The van der Waals surface area contributed by atoms with Gasteiger partial charge in [0.1, 0.15) is 0 Å². The highest BCUT2D eigenvalue weighted by Gasteiger charge is 2.32. The molecule has 0 heterocycles. The smallest absolute Gasteiger partial charge is 0.285 e.